The Bertz CT molecular complexity index is 411. The second-order valence-corrected chi connectivity index (χ2v) is 4.97. The fraction of sp³-hybridized carbons (Fsp3) is 0.455. The second kappa shape index (κ2) is 7.19. The molecule has 0 atom stereocenters. The highest BCUT2D eigenvalue weighted by Crippen LogP contribution is 2.40. The maximum atomic E-state index is 12.4. The first-order valence-electron chi connectivity index (χ1n) is 5.21. The number of thioether (sulfide) groups is 1. The number of ether oxygens (including phenoxy) is 1. The summed E-state index contributed by atoms with van der Waals surface area (Å²) in [6.45, 7) is -3.07. The molecule has 0 radical (unpaired) electrons. The van der Waals surface area contributed by atoms with E-state index in [9.17, 15) is 22.0 Å². The molecule has 0 heterocycles. The Morgan fingerprint density at radius 1 is 1.26 bits per heavy atom. The van der Waals surface area contributed by atoms with Gasteiger partial charge in [0, 0.05) is 10.8 Å². The zero-order valence-corrected chi connectivity index (χ0v) is 11.1. The van der Waals surface area contributed by atoms with E-state index in [0.717, 1.165) is 6.07 Å². The average molecular weight is 321 g/mol. The standard InChI is InChI=1S/C11H10ClF5OS/c12-5-1-2-7-3-4-8(18-10(13)14)6-9(7)19-11(15,16)17/h3-4,6,10H,1-2,5H2. The molecule has 1 aromatic rings. The van der Waals surface area contributed by atoms with E-state index in [0.29, 0.717) is 24.3 Å². The van der Waals surface area contributed by atoms with E-state index in [1.54, 1.807) is 0 Å². The van der Waals surface area contributed by atoms with Gasteiger partial charge in [0.15, 0.2) is 0 Å². The lowest BCUT2D eigenvalue weighted by Crippen LogP contribution is -2.04. The van der Waals surface area contributed by atoms with Crippen molar-refractivity contribution in [2.75, 3.05) is 5.88 Å². The summed E-state index contributed by atoms with van der Waals surface area (Å²) in [6.07, 6.45) is 0.846. The van der Waals surface area contributed by atoms with Crippen molar-refractivity contribution < 1.29 is 26.7 Å². The molecule has 0 spiro atoms. The van der Waals surface area contributed by atoms with Gasteiger partial charge in [0.05, 0.1) is 0 Å². The lowest BCUT2D eigenvalue weighted by molar-refractivity contribution is -0.0500. The predicted octanol–water partition coefficient (Wildman–Crippen LogP) is 5.07. The van der Waals surface area contributed by atoms with Gasteiger partial charge < -0.3 is 4.74 Å². The number of benzene rings is 1. The smallest absolute Gasteiger partial charge is 0.435 e. The van der Waals surface area contributed by atoms with Crippen molar-refractivity contribution in [1.82, 2.24) is 0 Å². The van der Waals surface area contributed by atoms with E-state index in [1.165, 1.54) is 12.1 Å². The molecule has 0 N–H and O–H groups in total. The molecule has 108 valence electrons. The van der Waals surface area contributed by atoms with Gasteiger partial charge >= 0.3 is 12.1 Å². The molecule has 0 aromatic heterocycles. The van der Waals surface area contributed by atoms with E-state index in [-0.39, 0.29) is 22.4 Å². The van der Waals surface area contributed by atoms with Crippen LogP contribution in [0, 0.1) is 0 Å². The first kappa shape index (κ1) is 16.4. The van der Waals surface area contributed by atoms with Gasteiger partial charge in [-0.1, -0.05) is 6.07 Å². The summed E-state index contributed by atoms with van der Waals surface area (Å²) in [5, 5.41) is 0. The minimum atomic E-state index is -4.49. The first-order chi connectivity index (χ1) is 8.81. The molecule has 0 fully saturated rings. The summed E-state index contributed by atoms with van der Waals surface area (Å²) in [4.78, 5) is -0.143. The summed E-state index contributed by atoms with van der Waals surface area (Å²) in [6, 6.07) is 3.53. The van der Waals surface area contributed by atoms with Crippen LogP contribution in [0.4, 0.5) is 22.0 Å². The quantitative estimate of drug-likeness (QED) is 0.411. The maximum absolute atomic E-state index is 12.4. The normalized spacial score (nSPS) is 11.9. The third kappa shape index (κ3) is 6.33. The summed E-state index contributed by atoms with van der Waals surface area (Å²) >= 11 is 5.14. The summed E-state index contributed by atoms with van der Waals surface area (Å²) in [5.41, 5.74) is -4.08. The lowest BCUT2D eigenvalue weighted by atomic mass is 10.1. The number of hydrogen-bond donors (Lipinski definition) is 0. The van der Waals surface area contributed by atoms with Gasteiger partial charge in [-0.25, -0.2) is 0 Å². The van der Waals surface area contributed by atoms with Crippen LogP contribution in [-0.4, -0.2) is 18.0 Å². The van der Waals surface area contributed by atoms with Crippen LogP contribution in [0.15, 0.2) is 23.1 Å². The van der Waals surface area contributed by atoms with Crippen molar-refractivity contribution in [3.8, 4) is 5.75 Å². The Hall–Kier alpha value is -0.690. The molecule has 0 saturated carbocycles. The van der Waals surface area contributed by atoms with E-state index >= 15 is 0 Å². The van der Waals surface area contributed by atoms with E-state index < -0.39 is 12.1 Å². The van der Waals surface area contributed by atoms with Gasteiger partial charge in [0.25, 0.3) is 0 Å². The molecule has 0 aliphatic heterocycles. The Morgan fingerprint density at radius 3 is 2.47 bits per heavy atom. The number of aryl methyl sites for hydroxylation is 1. The highest BCUT2D eigenvalue weighted by molar-refractivity contribution is 8.00. The van der Waals surface area contributed by atoms with Crippen molar-refractivity contribution in [2.24, 2.45) is 0 Å². The Morgan fingerprint density at radius 2 is 1.95 bits per heavy atom. The molecule has 0 aliphatic carbocycles. The molecule has 0 bridgehead atoms. The molecule has 0 amide bonds. The third-order valence-corrected chi connectivity index (χ3v) is 3.17. The van der Waals surface area contributed by atoms with Crippen LogP contribution in [-0.2, 0) is 6.42 Å². The maximum Gasteiger partial charge on any atom is 0.446 e. The fourth-order valence-corrected chi connectivity index (χ4v) is 2.25. The Kier molecular flexibility index (Phi) is 6.19. The minimum Gasteiger partial charge on any atom is -0.435 e. The van der Waals surface area contributed by atoms with Crippen LogP contribution in [0.2, 0.25) is 0 Å². The average Bonchev–Trinajstić information content (AvgIpc) is 2.25. The summed E-state index contributed by atoms with van der Waals surface area (Å²) < 4.78 is 65.3. The molecule has 1 rings (SSSR count). The van der Waals surface area contributed by atoms with Crippen LogP contribution in [0.5, 0.6) is 5.75 Å². The van der Waals surface area contributed by atoms with Gasteiger partial charge in [0.1, 0.15) is 5.75 Å². The molecule has 1 aromatic carbocycles. The SMILES string of the molecule is FC(F)Oc1ccc(CCCCl)c(SC(F)(F)F)c1. The van der Waals surface area contributed by atoms with Crippen molar-refractivity contribution in [1.29, 1.82) is 0 Å². The Balaban J connectivity index is 2.96. The van der Waals surface area contributed by atoms with E-state index in [1.807, 2.05) is 0 Å². The van der Waals surface area contributed by atoms with Crippen molar-refractivity contribution >= 4 is 23.4 Å². The number of rotatable bonds is 6. The van der Waals surface area contributed by atoms with Gasteiger partial charge in [-0.2, -0.15) is 22.0 Å². The van der Waals surface area contributed by atoms with Gasteiger partial charge in [0.2, 0.25) is 0 Å². The molecule has 8 heteroatoms. The third-order valence-electron chi connectivity index (χ3n) is 2.07. The zero-order chi connectivity index (χ0) is 14.5. The first-order valence-corrected chi connectivity index (χ1v) is 6.56. The molecule has 1 nitrogen and oxygen atoms in total. The number of halogens is 6. The summed E-state index contributed by atoms with van der Waals surface area (Å²) in [5.74, 6) is 0.0159. The van der Waals surface area contributed by atoms with E-state index in [2.05, 4.69) is 4.74 Å². The fourth-order valence-electron chi connectivity index (χ4n) is 1.39. The Labute approximate surface area is 116 Å². The van der Waals surface area contributed by atoms with Crippen molar-refractivity contribution in [3.63, 3.8) is 0 Å². The molecular formula is C11H10ClF5OS. The van der Waals surface area contributed by atoms with Crippen LogP contribution in [0.3, 0.4) is 0 Å². The molecular weight excluding hydrogens is 311 g/mol. The monoisotopic (exact) mass is 320 g/mol. The molecule has 0 unspecified atom stereocenters. The zero-order valence-electron chi connectivity index (χ0n) is 9.52. The van der Waals surface area contributed by atoms with Crippen LogP contribution < -0.4 is 4.74 Å². The van der Waals surface area contributed by atoms with Gasteiger partial charge in [-0.15, -0.1) is 11.6 Å². The lowest BCUT2D eigenvalue weighted by Gasteiger charge is -2.13. The van der Waals surface area contributed by atoms with Crippen molar-refractivity contribution in [2.45, 2.75) is 29.9 Å². The molecule has 0 saturated heterocycles. The van der Waals surface area contributed by atoms with E-state index in [4.69, 9.17) is 11.6 Å². The van der Waals surface area contributed by atoms with Gasteiger partial charge in [-0.05, 0) is 42.3 Å². The van der Waals surface area contributed by atoms with Crippen LogP contribution in [0.25, 0.3) is 0 Å². The highest BCUT2D eigenvalue weighted by atomic mass is 35.5. The highest BCUT2D eigenvalue weighted by Gasteiger charge is 2.30. The largest absolute Gasteiger partial charge is 0.446 e. The predicted molar refractivity (Wildman–Crippen MR) is 64.0 cm³/mol. The van der Waals surface area contributed by atoms with Gasteiger partial charge in [-0.3, -0.25) is 0 Å². The number of hydrogen-bond acceptors (Lipinski definition) is 2. The summed E-state index contributed by atoms with van der Waals surface area (Å²) in [7, 11) is 0. The number of alkyl halides is 6. The molecule has 0 aliphatic rings. The minimum absolute atomic E-state index is 0.143. The molecule has 19 heavy (non-hydrogen) atoms. The van der Waals surface area contributed by atoms with Crippen molar-refractivity contribution in [3.05, 3.63) is 23.8 Å². The second-order valence-electron chi connectivity index (χ2n) is 3.49. The van der Waals surface area contributed by atoms with Crippen LogP contribution >= 0.6 is 23.4 Å². The van der Waals surface area contributed by atoms with Crippen LogP contribution in [0.1, 0.15) is 12.0 Å². The topological polar surface area (TPSA) is 9.23 Å².